The third kappa shape index (κ3) is 2.72. The second-order valence-corrected chi connectivity index (χ2v) is 8.28. The first-order chi connectivity index (χ1) is 14.4. The van der Waals surface area contributed by atoms with Crippen molar-refractivity contribution in [1.29, 1.82) is 0 Å². The fraction of sp³-hybridized carbons (Fsp3) is 0.429. The monoisotopic (exact) mass is 410 g/mol. The third-order valence-electron chi connectivity index (χ3n) is 6.43. The fourth-order valence-corrected chi connectivity index (χ4v) is 5.18. The van der Waals surface area contributed by atoms with Gasteiger partial charge in [-0.15, -0.1) is 0 Å². The van der Waals surface area contributed by atoms with Crippen molar-refractivity contribution < 1.29 is 24.0 Å². The Hall–Kier alpha value is -3.20. The lowest BCUT2D eigenvalue weighted by Crippen LogP contribution is -2.62. The Morgan fingerprint density at radius 1 is 1.27 bits per heavy atom. The van der Waals surface area contributed by atoms with Crippen molar-refractivity contribution in [3.05, 3.63) is 36.4 Å². The van der Waals surface area contributed by atoms with Gasteiger partial charge in [0.25, 0.3) is 5.89 Å². The topological polar surface area (TPSA) is 111 Å². The van der Waals surface area contributed by atoms with Crippen molar-refractivity contribution in [2.75, 3.05) is 13.6 Å². The number of aryl methyl sites for hydroxylation is 1. The van der Waals surface area contributed by atoms with Crippen molar-refractivity contribution in [1.82, 2.24) is 19.6 Å². The quantitative estimate of drug-likeness (QED) is 0.517. The molecule has 4 heterocycles. The van der Waals surface area contributed by atoms with E-state index in [1.165, 1.54) is 0 Å². The molecule has 2 saturated heterocycles. The number of hydrogen-bond donors (Lipinski definition) is 1. The molecule has 3 aliphatic rings. The number of likely N-dealkylation sites (N-methyl/N-ethyl adjacent to an activating group) is 1. The second-order valence-electron chi connectivity index (χ2n) is 8.28. The Labute approximate surface area is 172 Å². The number of carboxylic acid groups (broad SMARTS) is 1. The van der Waals surface area contributed by atoms with E-state index in [1.807, 2.05) is 49.1 Å². The number of nitrogens with zero attached hydrogens (tertiary/aromatic N) is 4. The van der Waals surface area contributed by atoms with Crippen LogP contribution in [0.15, 0.2) is 35.0 Å². The number of fused-ring (bicyclic) bond motifs is 4. The normalized spacial score (nSPS) is 26.2. The minimum Gasteiger partial charge on any atom is -0.473 e. The number of esters is 1. The molecule has 6 rings (SSSR count). The summed E-state index contributed by atoms with van der Waals surface area (Å²) in [7, 11) is 3.89. The lowest BCUT2D eigenvalue weighted by molar-refractivity contribution is -0.202. The second kappa shape index (κ2) is 6.66. The highest BCUT2D eigenvalue weighted by molar-refractivity contribution is 6.28. The summed E-state index contributed by atoms with van der Waals surface area (Å²) in [4.78, 5) is 30.1. The van der Waals surface area contributed by atoms with E-state index in [0.29, 0.717) is 12.2 Å². The van der Waals surface area contributed by atoms with E-state index in [2.05, 4.69) is 15.0 Å². The molecule has 3 aromatic rings. The number of benzene rings is 1. The zero-order chi connectivity index (χ0) is 21.0. The predicted octanol–water partition coefficient (Wildman–Crippen LogP) is 2.17. The minimum atomic E-state index is -1.63. The highest BCUT2D eigenvalue weighted by atomic mass is 16.6. The van der Waals surface area contributed by atoms with Crippen LogP contribution < -0.4 is 0 Å². The van der Waals surface area contributed by atoms with Crippen molar-refractivity contribution in [3.63, 3.8) is 0 Å². The average Bonchev–Trinajstić information content (AvgIpc) is 3.34. The summed E-state index contributed by atoms with van der Waals surface area (Å²) in [5, 5.41) is 14.3. The molecule has 1 aromatic carbocycles. The van der Waals surface area contributed by atoms with Gasteiger partial charge in [-0.05, 0) is 31.9 Å². The van der Waals surface area contributed by atoms with Crippen molar-refractivity contribution >= 4 is 22.8 Å². The van der Waals surface area contributed by atoms with E-state index >= 15 is 0 Å². The lowest BCUT2D eigenvalue weighted by atomic mass is 9.69. The number of aliphatic carboxylic acids is 1. The van der Waals surface area contributed by atoms with E-state index in [-0.39, 0.29) is 17.9 Å². The molecule has 1 aliphatic carbocycles. The van der Waals surface area contributed by atoms with Gasteiger partial charge in [-0.3, -0.25) is 4.90 Å². The van der Waals surface area contributed by atoms with Gasteiger partial charge < -0.3 is 18.9 Å². The molecule has 0 amide bonds. The van der Waals surface area contributed by atoms with Crippen molar-refractivity contribution in [2.45, 2.75) is 30.9 Å². The maximum Gasteiger partial charge on any atom is 0.418 e. The average molecular weight is 410 g/mol. The van der Waals surface area contributed by atoms with Gasteiger partial charge in [-0.2, -0.15) is 4.98 Å². The standard InChI is InChI=1S/C21H22N4O5/c1-24-11-14(13-5-3-4-6-15(13)24)17-22-20(30-23-17)21(29-19(28)18(26)27)9-12-7-8-16(21)25(2)10-12/h3-6,11-12,16H,7-10H2,1-2H3,(H,26,27)/t12?,16-,21-/m1/s1. The maximum absolute atomic E-state index is 12.1. The number of carbonyl (C=O) groups is 2. The molecule has 3 atom stereocenters. The number of carbonyl (C=O) groups excluding carboxylic acids is 1. The first-order valence-corrected chi connectivity index (χ1v) is 9.94. The van der Waals surface area contributed by atoms with Crippen LogP contribution >= 0.6 is 0 Å². The number of piperidine rings is 2. The van der Waals surface area contributed by atoms with Gasteiger partial charge in [-0.1, -0.05) is 23.4 Å². The Morgan fingerprint density at radius 3 is 2.80 bits per heavy atom. The van der Waals surface area contributed by atoms with Crippen LogP contribution in [0.4, 0.5) is 0 Å². The Morgan fingerprint density at radius 2 is 2.07 bits per heavy atom. The molecule has 0 radical (unpaired) electrons. The van der Waals surface area contributed by atoms with Crippen LogP contribution in [0.3, 0.4) is 0 Å². The van der Waals surface area contributed by atoms with Crippen LogP contribution in [0.1, 0.15) is 25.2 Å². The smallest absolute Gasteiger partial charge is 0.418 e. The first-order valence-electron chi connectivity index (χ1n) is 9.94. The molecule has 3 fully saturated rings. The Balaban J connectivity index is 1.60. The molecular weight excluding hydrogens is 388 g/mol. The Bertz CT molecular complexity index is 1150. The van der Waals surface area contributed by atoms with Crippen LogP contribution in [0.5, 0.6) is 0 Å². The molecule has 1 N–H and O–H groups in total. The molecule has 9 nitrogen and oxygen atoms in total. The summed E-state index contributed by atoms with van der Waals surface area (Å²) >= 11 is 0. The highest BCUT2D eigenvalue weighted by Crippen LogP contribution is 2.49. The molecule has 1 unspecified atom stereocenters. The lowest BCUT2D eigenvalue weighted by Gasteiger charge is -2.52. The molecule has 2 aromatic heterocycles. The van der Waals surface area contributed by atoms with Gasteiger partial charge in [0, 0.05) is 42.7 Å². The van der Waals surface area contributed by atoms with Gasteiger partial charge in [0.15, 0.2) is 0 Å². The molecule has 30 heavy (non-hydrogen) atoms. The third-order valence-corrected chi connectivity index (χ3v) is 6.43. The SMILES string of the molecule is CN1CC2CC[C@@H]1[C@@](OC(=O)C(=O)O)(c1nc(-c3cn(C)c4ccccc34)no1)C2. The van der Waals surface area contributed by atoms with Gasteiger partial charge in [-0.25, -0.2) is 9.59 Å². The van der Waals surface area contributed by atoms with E-state index < -0.39 is 17.5 Å². The molecule has 1 saturated carbocycles. The number of hydrogen-bond acceptors (Lipinski definition) is 7. The van der Waals surface area contributed by atoms with Crippen LogP contribution in [-0.2, 0) is 27.0 Å². The largest absolute Gasteiger partial charge is 0.473 e. The van der Waals surface area contributed by atoms with E-state index in [4.69, 9.17) is 14.4 Å². The van der Waals surface area contributed by atoms with E-state index in [9.17, 15) is 9.59 Å². The molecular formula is C21H22N4O5. The number of rotatable bonds is 3. The fourth-order valence-electron chi connectivity index (χ4n) is 5.18. The summed E-state index contributed by atoms with van der Waals surface area (Å²) in [6.45, 7) is 0.862. The number of carboxylic acids is 1. The van der Waals surface area contributed by atoms with Crippen molar-refractivity contribution in [2.24, 2.45) is 13.0 Å². The molecule has 9 heteroatoms. The summed E-state index contributed by atoms with van der Waals surface area (Å²) in [5.74, 6) is -2.14. The van der Waals surface area contributed by atoms with Crippen molar-refractivity contribution in [3.8, 4) is 11.4 Å². The summed E-state index contributed by atoms with van der Waals surface area (Å²) < 4.78 is 13.2. The zero-order valence-corrected chi connectivity index (χ0v) is 16.7. The van der Waals surface area contributed by atoms with Gasteiger partial charge >= 0.3 is 11.9 Å². The number of para-hydroxylation sites is 1. The molecule has 0 spiro atoms. The van der Waals surface area contributed by atoms with Gasteiger partial charge in [0.2, 0.25) is 11.4 Å². The summed E-state index contributed by atoms with van der Waals surface area (Å²) in [6.07, 6.45) is 4.15. The van der Waals surface area contributed by atoms with E-state index in [0.717, 1.165) is 35.9 Å². The molecule has 156 valence electrons. The summed E-state index contributed by atoms with van der Waals surface area (Å²) in [6, 6.07) is 7.68. The summed E-state index contributed by atoms with van der Waals surface area (Å²) in [5.41, 5.74) is 0.570. The molecule has 2 aliphatic heterocycles. The highest BCUT2D eigenvalue weighted by Gasteiger charge is 2.58. The van der Waals surface area contributed by atoms with Gasteiger partial charge in [0.05, 0.1) is 6.04 Å². The number of aromatic nitrogens is 3. The van der Waals surface area contributed by atoms with E-state index in [1.54, 1.807) is 0 Å². The van der Waals surface area contributed by atoms with Crippen LogP contribution in [0.2, 0.25) is 0 Å². The van der Waals surface area contributed by atoms with Crippen LogP contribution in [-0.4, -0.2) is 56.3 Å². The maximum atomic E-state index is 12.1. The first kappa shape index (κ1) is 18.8. The number of ether oxygens (including phenoxy) is 1. The van der Waals surface area contributed by atoms with Crippen LogP contribution in [0, 0.1) is 5.92 Å². The molecule has 2 bridgehead atoms. The minimum absolute atomic E-state index is 0.154. The predicted molar refractivity (Wildman–Crippen MR) is 105 cm³/mol. The van der Waals surface area contributed by atoms with Gasteiger partial charge in [0.1, 0.15) is 0 Å². The zero-order valence-electron chi connectivity index (χ0n) is 16.7. The van der Waals surface area contributed by atoms with Crippen LogP contribution in [0.25, 0.3) is 22.3 Å². The Kier molecular flexibility index (Phi) is 4.18.